The molecular weight excluding hydrogens is 556 g/mol. The van der Waals surface area contributed by atoms with Crippen LogP contribution in [0, 0.1) is 17.5 Å². The van der Waals surface area contributed by atoms with E-state index in [1.807, 2.05) is 19.1 Å². The van der Waals surface area contributed by atoms with Crippen molar-refractivity contribution in [2.45, 2.75) is 32.1 Å². The van der Waals surface area contributed by atoms with Crippen LogP contribution in [0.3, 0.4) is 0 Å². The lowest BCUT2D eigenvalue weighted by Gasteiger charge is -2.19. The van der Waals surface area contributed by atoms with Gasteiger partial charge in [0.05, 0.1) is 17.9 Å². The molecule has 0 aliphatic carbocycles. The standard InChI is InChI=1S/C31H22F8O2/c1-2-3-19-4-6-20(7-5-19)22-10-13-25(26(32)16-22)31(38,39)41-24-11-8-21(9-12-24)23-17-27(33)29(28(34)18-23)40-15-14-30(35,36)37/h4-18H,2-3H2,1H3/b15-14+. The number of alkyl halides is 5. The molecule has 0 atom stereocenters. The lowest BCUT2D eigenvalue weighted by molar-refractivity contribution is -0.187. The molecule has 0 saturated carbocycles. The maximum atomic E-state index is 14.9. The van der Waals surface area contributed by atoms with Crippen LogP contribution in [-0.2, 0) is 12.5 Å². The molecule has 0 amide bonds. The molecule has 4 rings (SSSR count). The van der Waals surface area contributed by atoms with E-state index in [2.05, 4.69) is 4.74 Å². The lowest BCUT2D eigenvalue weighted by Crippen LogP contribution is -2.23. The van der Waals surface area contributed by atoms with Crippen LogP contribution in [0.15, 0.2) is 91.2 Å². The van der Waals surface area contributed by atoms with Crippen LogP contribution in [0.2, 0.25) is 0 Å². The zero-order chi connectivity index (χ0) is 29.8. The van der Waals surface area contributed by atoms with Crippen LogP contribution < -0.4 is 9.47 Å². The van der Waals surface area contributed by atoms with Crippen molar-refractivity contribution in [2.75, 3.05) is 0 Å². The Labute approximate surface area is 230 Å². The molecular formula is C31H22F8O2. The normalized spacial score (nSPS) is 12.1. The Morgan fingerprint density at radius 2 is 1.20 bits per heavy atom. The molecule has 0 heterocycles. The highest BCUT2D eigenvalue weighted by Gasteiger charge is 2.37. The summed E-state index contributed by atoms with van der Waals surface area (Å²) in [7, 11) is 0. The zero-order valence-corrected chi connectivity index (χ0v) is 21.4. The Balaban J connectivity index is 1.48. The van der Waals surface area contributed by atoms with E-state index in [0.29, 0.717) is 11.1 Å². The van der Waals surface area contributed by atoms with Gasteiger partial charge in [-0.3, -0.25) is 0 Å². The second-order valence-electron chi connectivity index (χ2n) is 9.02. The minimum absolute atomic E-state index is 0.0465. The van der Waals surface area contributed by atoms with E-state index in [1.54, 1.807) is 12.1 Å². The van der Waals surface area contributed by atoms with E-state index in [4.69, 9.17) is 4.74 Å². The fraction of sp³-hybridized carbons (Fsp3) is 0.161. The molecule has 10 heteroatoms. The maximum Gasteiger partial charge on any atom is 0.429 e. The van der Waals surface area contributed by atoms with E-state index >= 15 is 0 Å². The molecule has 0 unspecified atom stereocenters. The summed E-state index contributed by atoms with van der Waals surface area (Å²) in [4.78, 5) is 0. The van der Waals surface area contributed by atoms with Gasteiger partial charge in [0.2, 0.25) is 0 Å². The first kappa shape index (κ1) is 29.6. The molecule has 0 spiro atoms. The largest absolute Gasteiger partial charge is 0.459 e. The molecule has 0 aliphatic rings. The Hall–Kier alpha value is -4.34. The summed E-state index contributed by atoms with van der Waals surface area (Å²) in [6.07, 6.45) is -7.15. The number of hydrogen-bond acceptors (Lipinski definition) is 2. The van der Waals surface area contributed by atoms with Gasteiger partial charge in [0.15, 0.2) is 17.4 Å². The monoisotopic (exact) mass is 578 g/mol. The summed E-state index contributed by atoms with van der Waals surface area (Å²) in [5.74, 6) is -5.13. The molecule has 0 saturated heterocycles. The number of hydrogen-bond donors (Lipinski definition) is 0. The molecule has 0 bridgehead atoms. The minimum atomic E-state index is -4.73. The summed E-state index contributed by atoms with van der Waals surface area (Å²) in [5, 5.41) is 0. The summed E-state index contributed by atoms with van der Waals surface area (Å²) < 4.78 is 119. The van der Waals surface area contributed by atoms with Gasteiger partial charge >= 0.3 is 12.3 Å². The van der Waals surface area contributed by atoms with Gasteiger partial charge in [-0.05, 0) is 70.6 Å². The Bertz CT molecular complexity index is 1500. The van der Waals surface area contributed by atoms with Crippen LogP contribution in [0.25, 0.3) is 22.3 Å². The topological polar surface area (TPSA) is 18.5 Å². The van der Waals surface area contributed by atoms with Gasteiger partial charge in [0, 0.05) is 0 Å². The highest BCUT2D eigenvalue weighted by atomic mass is 19.4. The second kappa shape index (κ2) is 12.0. The van der Waals surface area contributed by atoms with Crippen molar-refractivity contribution in [3.63, 3.8) is 0 Å². The van der Waals surface area contributed by atoms with Gasteiger partial charge in [-0.1, -0.05) is 55.8 Å². The molecule has 2 nitrogen and oxygen atoms in total. The Kier molecular flexibility index (Phi) is 8.70. The average Bonchev–Trinajstić information content (AvgIpc) is 2.90. The van der Waals surface area contributed by atoms with Gasteiger partial charge in [-0.25, -0.2) is 13.2 Å². The van der Waals surface area contributed by atoms with Crippen LogP contribution in [0.5, 0.6) is 11.5 Å². The number of benzene rings is 4. The number of halogens is 8. The van der Waals surface area contributed by atoms with Crippen LogP contribution >= 0.6 is 0 Å². The van der Waals surface area contributed by atoms with Gasteiger partial charge in [-0.15, -0.1) is 0 Å². The Morgan fingerprint density at radius 1 is 0.659 bits per heavy atom. The first-order valence-electron chi connectivity index (χ1n) is 12.3. The van der Waals surface area contributed by atoms with Crippen LogP contribution in [-0.4, -0.2) is 6.18 Å². The molecule has 0 aromatic heterocycles. The fourth-order valence-corrected chi connectivity index (χ4v) is 4.02. The van der Waals surface area contributed by atoms with Crippen molar-refractivity contribution >= 4 is 0 Å². The van der Waals surface area contributed by atoms with Crippen molar-refractivity contribution in [3.8, 4) is 33.8 Å². The molecule has 0 aliphatic heterocycles. The van der Waals surface area contributed by atoms with E-state index in [1.165, 1.54) is 18.2 Å². The van der Waals surface area contributed by atoms with E-state index < -0.39 is 41.0 Å². The number of ether oxygens (including phenoxy) is 2. The van der Waals surface area contributed by atoms with E-state index in [-0.39, 0.29) is 29.2 Å². The third kappa shape index (κ3) is 7.45. The third-order valence-electron chi connectivity index (χ3n) is 5.98. The number of rotatable bonds is 9. The molecule has 41 heavy (non-hydrogen) atoms. The molecule has 214 valence electrons. The van der Waals surface area contributed by atoms with Crippen molar-refractivity contribution in [1.29, 1.82) is 0 Å². The van der Waals surface area contributed by atoms with Gasteiger partial charge < -0.3 is 9.47 Å². The smallest absolute Gasteiger partial charge is 0.429 e. The molecule has 0 fully saturated rings. The average molecular weight is 578 g/mol. The molecule has 0 radical (unpaired) electrons. The van der Waals surface area contributed by atoms with Crippen molar-refractivity contribution < 1.29 is 44.6 Å². The van der Waals surface area contributed by atoms with Crippen molar-refractivity contribution in [2.24, 2.45) is 0 Å². The van der Waals surface area contributed by atoms with Gasteiger partial charge in [-0.2, -0.15) is 22.0 Å². The Morgan fingerprint density at radius 3 is 1.76 bits per heavy atom. The molecule has 4 aromatic rings. The summed E-state index contributed by atoms with van der Waals surface area (Å²) in [6, 6.07) is 16.9. The lowest BCUT2D eigenvalue weighted by atomic mass is 10.0. The van der Waals surface area contributed by atoms with Gasteiger partial charge in [0.25, 0.3) is 0 Å². The SMILES string of the molecule is CCCc1ccc(-c2ccc(C(F)(F)Oc3ccc(-c4cc(F)c(O/C=C/C(F)(F)F)c(F)c4)cc3)c(F)c2)cc1. The van der Waals surface area contributed by atoms with E-state index in [9.17, 15) is 35.1 Å². The number of allylic oxidation sites excluding steroid dienone is 1. The first-order valence-corrected chi connectivity index (χ1v) is 12.3. The fourth-order valence-electron chi connectivity index (χ4n) is 4.02. The molecule has 0 N–H and O–H groups in total. The predicted octanol–water partition coefficient (Wildman–Crippen LogP) is 9.97. The summed E-state index contributed by atoms with van der Waals surface area (Å²) in [6.45, 7) is 2.05. The first-order chi connectivity index (χ1) is 19.4. The molecule has 4 aromatic carbocycles. The van der Waals surface area contributed by atoms with E-state index in [0.717, 1.165) is 54.8 Å². The van der Waals surface area contributed by atoms with Crippen molar-refractivity contribution in [3.05, 3.63) is 120 Å². The minimum Gasteiger partial charge on any atom is -0.459 e. The van der Waals surface area contributed by atoms with Crippen LogP contribution in [0.4, 0.5) is 35.1 Å². The summed E-state index contributed by atoms with van der Waals surface area (Å²) >= 11 is 0. The third-order valence-corrected chi connectivity index (χ3v) is 5.98. The maximum absolute atomic E-state index is 14.9. The highest BCUT2D eigenvalue weighted by Crippen LogP contribution is 2.36. The zero-order valence-electron chi connectivity index (χ0n) is 21.4. The van der Waals surface area contributed by atoms with Crippen LogP contribution in [0.1, 0.15) is 24.5 Å². The van der Waals surface area contributed by atoms with Gasteiger partial charge in [0.1, 0.15) is 11.6 Å². The number of aryl methyl sites for hydroxylation is 1. The van der Waals surface area contributed by atoms with Crippen molar-refractivity contribution in [1.82, 2.24) is 0 Å². The second-order valence-corrected chi connectivity index (χ2v) is 9.02. The quantitative estimate of drug-likeness (QED) is 0.145. The highest BCUT2D eigenvalue weighted by molar-refractivity contribution is 5.66. The summed E-state index contributed by atoms with van der Waals surface area (Å²) in [5.41, 5.74) is 1.35. The predicted molar refractivity (Wildman–Crippen MR) is 138 cm³/mol.